The number of rotatable bonds is 0. The number of carbonyl (C=O) groups is 2. The first-order valence-electron chi connectivity index (χ1n) is 6.40. The molecule has 4 heteroatoms. The summed E-state index contributed by atoms with van der Waals surface area (Å²) < 4.78 is 0. The number of carbonyl (C=O) groups excluding carboxylic acids is 2. The molecule has 0 unspecified atom stereocenters. The molecular formula is C12H18N2O2. The minimum absolute atomic E-state index is 0.129. The predicted molar refractivity (Wildman–Crippen MR) is 58.7 cm³/mol. The van der Waals surface area contributed by atoms with Crippen molar-refractivity contribution in [2.75, 3.05) is 13.1 Å². The van der Waals surface area contributed by atoms with Crippen molar-refractivity contribution in [2.45, 2.75) is 50.6 Å². The summed E-state index contributed by atoms with van der Waals surface area (Å²) in [5, 5.41) is 0. The number of amides is 2. The van der Waals surface area contributed by atoms with Crippen LogP contribution in [-0.2, 0) is 9.59 Å². The van der Waals surface area contributed by atoms with E-state index in [1.54, 1.807) is 0 Å². The fourth-order valence-corrected chi connectivity index (χ4v) is 3.29. The first-order valence-corrected chi connectivity index (χ1v) is 6.40. The van der Waals surface area contributed by atoms with E-state index in [9.17, 15) is 9.59 Å². The van der Waals surface area contributed by atoms with Crippen molar-refractivity contribution in [1.82, 2.24) is 9.80 Å². The molecule has 3 fully saturated rings. The van der Waals surface area contributed by atoms with E-state index in [4.69, 9.17) is 0 Å². The second-order valence-electron chi connectivity index (χ2n) is 5.09. The largest absolute Gasteiger partial charge is 0.329 e. The summed E-state index contributed by atoms with van der Waals surface area (Å²) in [6.45, 7) is 1.58. The van der Waals surface area contributed by atoms with Crippen LogP contribution in [0.4, 0.5) is 0 Å². The van der Waals surface area contributed by atoms with Crippen LogP contribution in [0.1, 0.15) is 38.5 Å². The molecule has 0 spiro atoms. The third-order valence-electron chi connectivity index (χ3n) is 4.14. The lowest BCUT2D eigenvalue weighted by Gasteiger charge is -2.48. The van der Waals surface area contributed by atoms with Gasteiger partial charge in [-0.25, -0.2) is 0 Å². The van der Waals surface area contributed by atoms with Gasteiger partial charge < -0.3 is 9.80 Å². The summed E-state index contributed by atoms with van der Waals surface area (Å²) >= 11 is 0. The Labute approximate surface area is 95.6 Å². The molecule has 0 saturated carbocycles. The van der Waals surface area contributed by atoms with Crippen molar-refractivity contribution in [3.8, 4) is 0 Å². The molecule has 4 nitrogen and oxygen atoms in total. The SMILES string of the molecule is O=C1[C@@H]2CCCCN2C(=O)[C@H]2CCCCN12. The van der Waals surface area contributed by atoms with Gasteiger partial charge in [-0.3, -0.25) is 9.59 Å². The number of piperazine rings is 1. The average molecular weight is 222 g/mol. The molecule has 0 bridgehead atoms. The highest BCUT2D eigenvalue weighted by Gasteiger charge is 2.46. The van der Waals surface area contributed by atoms with Crippen LogP contribution in [0.15, 0.2) is 0 Å². The Balaban J connectivity index is 1.89. The molecule has 3 saturated heterocycles. The van der Waals surface area contributed by atoms with E-state index < -0.39 is 0 Å². The second-order valence-corrected chi connectivity index (χ2v) is 5.09. The topological polar surface area (TPSA) is 40.6 Å². The molecule has 3 aliphatic rings. The average Bonchev–Trinajstić information content (AvgIpc) is 2.36. The van der Waals surface area contributed by atoms with Gasteiger partial charge in [0.15, 0.2) is 0 Å². The highest BCUT2D eigenvalue weighted by molar-refractivity contribution is 5.97. The lowest BCUT2D eigenvalue weighted by Crippen LogP contribution is -2.66. The highest BCUT2D eigenvalue weighted by Crippen LogP contribution is 2.30. The van der Waals surface area contributed by atoms with E-state index in [1.807, 2.05) is 9.80 Å². The summed E-state index contributed by atoms with van der Waals surface area (Å²) in [4.78, 5) is 28.2. The Morgan fingerprint density at radius 3 is 1.62 bits per heavy atom. The molecule has 2 amide bonds. The van der Waals surface area contributed by atoms with Crippen LogP contribution in [0.3, 0.4) is 0 Å². The summed E-state index contributed by atoms with van der Waals surface area (Å²) in [5.74, 6) is 0.424. The van der Waals surface area contributed by atoms with E-state index in [0.717, 1.165) is 51.6 Å². The van der Waals surface area contributed by atoms with Crippen LogP contribution >= 0.6 is 0 Å². The van der Waals surface area contributed by atoms with E-state index in [0.29, 0.717) is 0 Å². The Hall–Kier alpha value is -1.06. The molecule has 88 valence electrons. The maximum atomic E-state index is 12.3. The monoisotopic (exact) mass is 222 g/mol. The quantitative estimate of drug-likeness (QED) is 0.607. The normalized spacial score (nSPS) is 34.8. The summed E-state index contributed by atoms with van der Waals surface area (Å²) in [6, 6.07) is -0.258. The zero-order valence-corrected chi connectivity index (χ0v) is 9.52. The Bertz CT molecular complexity index is 269. The lowest BCUT2D eigenvalue weighted by atomic mass is 9.91. The second kappa shape index (κ2) is 3.75. The standard InChI is InChI=1S/C12H18N2O2/c15-11-9-5-1-3-7-13(9)12(16)10-6-2-4-8-14(10)11/h9-10H,1-8H2/t9-,10+. The fraction of sp³-hybridized carbons (Fsp3) is 0.833. The van der Waals surface area contributed by atoms with Crippen LogP contribution in [0.5, 0.6) is 0 Å². The molecule has 3 aliphatic heterocycles. The van der Waals surface area contributed by atoms with Crippen molar-refractivity contribution in [3.63, 3.8) is 0 Å². The molecule has 0 aromatic carbocycles. The van der Waals surface area contributed by atoms with Crippen molar-refractivity contribution in [1.29, 1.82) is 0 Å². The van der Waals surface area contributed by atoms with Crippen LogP contribution in [0.2, 0.25) is 0 Å². The van der Waals surface area contributed by atoms with E-state index >= 15 is 0 Å². The first-order chi connectivity index (χ1) is 7.79. The minimum Gasteiger partial charge on any atom is -0.329 e. The van der Waals surface area contributed by atoms with Gasteiger partial charge in [0.25, 0.3) is 0 Å². The van der Waals surface area contributed by atoms with Crippen LogP contribution < -0.4 is 0 Å². The van der Waals surface area contributed by atoms with Gasteiger partial charge in [-0.1, -0.05) is 0 Å². The number of hydrogen-bond donors (Lipinski definition) is 0. The molecule has 2 atom stereocenters. The third kappa shape index (κ3) is 1.35. The molecule has 0 aliphatic carbocycles. The van der Waals surface area contributed by atoms with Gasteiger partial charge in [0, 0.05) is 13.1 Å². The predicted octanol–water partition coefficient (Wildman–Crippen LogP) is 0.762. The Morgan fingerprint density at radius 2 is 1.19 bits per heavy atom. The number of fused-ring (bicyclic) bond motifs is 2. The van der Waals surface area contributed by atoms with Gasteiger partial charge in [0.1, 0.15) is 12.1 Å². The number of nitrogens with zero attached hydrogens (tertiary/aromatic N) is 2. The molecule has 0 N–H and O–H groups in total. The van der Waals surface area contributed by atoms with E-state index in [-0.39, 0.29) is 23.9 Å². The summed E-state index contributed by atoms with van der Waals surface area (Å²) in [6.07, 6.45) is 6.02. The highest BCUT2D eigenvalue weighted by atomic mass is 16.2. The molecule has 3 rings (SSSR count). The lowest BCUT2D eigenvalue weighted by molar-refractivity contribution is -0.165. The Kier molecular flexibility index (Phi) is 2.37. The van der Waals surface area contributed by atoms with Crippen molar-refractivity contribution in [3.05, 3.63) is 0 Å². The third-order valence-corrected chi connectivity index (χ3v) is 4.14. The maximum Gasteiger partial charge on any atom is 0.246 e. The van der Waals surface area contributed by atoms with Crippen molar-refractivity contribution >= 4 is 11.8 Å². The molecule has 0 aromatic rings. The number of piperidine rings is 2. The van der Waals surface area contributed by atoms with Crippen molar-refractivity contribution in [2.24, 2.45) is 0 Å². The van der Waals surface area contributed by atoms with Gasteiger partial charge in [-0.15, -0.1) is 0 Å². The van der Waals surface area contributed by atoms with Crippen molar-refractivity contribution < 1.29 is 9.59 Å². The molecule has 3 heterocycles. The zero-order valence-electron chi connectivity index (χ0n) is 9.52. The molecular weight excluding hydrogens is 204 g/mol. The van der Waals surface area contributed by atoms with E-state index in [1.165, 1.54) is 0 Å². The Morgan fingerprint density at radius 1 is 0.750 bits per heavy atom. The van der Waals surface area contributed by atoms with Gasteiger partial charge in [-0.05, 0) is 38.5 Å². The fourth-order valence-electron chi connectivity index (χ4n) is 3.29. The molecule has 0 radical (unpaired) electrons. The van der Waals surface area contributed by atoms with Crippen LogP contribution in [-0.4, -0.2) is 46.8 Å². The van der Waals surface area contributed by atoms with Crippen LogP contribution in [0.25, 0.3) is 0 Å². The van der Waals surface area contributed by atoms with Gasteiger partial charge in [-0.2, -0.15) is 0 Å². The number of hydrogen-bond acceptors (Lipinski definition) is 2. The van der Waals surface area contributed by atoms with Crippen LogP contribution in [0, 0.1) is 0 Å². The van der Waals surface area contributed by atoms with Gasteiger partial charge in [0.05, 0.1) is 0 Å². The first kappa shape index (κ1) is 10.1. The van der Waals surface area contributed by atoms with Gasteiger partial charge in [0.2, 0.25) is 11.8 Å². The smallest absolute Gasteiger partial charge is 0.246 e. The minimum atomic E-state index is -0.129. The summed E-state index contributed by atoms with van der Waals surface area (Å²) in [7, 11) is 0. The zero-order chi connectivity index (χ0) is 11.1. The molecule has 0 aromatic heterocycles. The van der Waals surface area contributed by atoms with Gasteiger partial charge >= 0.3 is 0 Å². The maximum absolute atomic E-state index is 12.3. The summed E-state index contributed by atoms with van der Waals surface area (Å²) in [5.41, 5.74) is 0. The van der Waals surface area contributed by atoms with E-state index in [2.05, 4.69) is 0 Å². The molecule has 16 heavy (non-hydrogen) atoms.